The second-order valence-electron chi connectivity index (χ2n) is 8.51. The van der Waals surface area contributed by atoms with Crippen molar-refractivity contribution in [1.29, 1.82) is 0 Å². The van der Waals surface area contributed by atoms with Gasteiger partial charge in [-0.2, -0.15) is 0 Å². The molecule has 0 amide bonds. The van der Waals surface area contributed by atoms with E-state index >= 15 is 0 Å². The number of fused-ring (bicyclic) bond motifs is 1. The number of rotatable bonds is 9. The highest BCUT2D eigenvalue weighted by Crippen LogP contribution is 2.25. The van der Waals surface area contributed by atoms with Crippen LogP contribution in [-0.2, 0) is 13.2 Å². The third kappa shape index (κ3) is 5.75. The SMILES string of the molecule is Cc1cc(OCc2nc3ccccc3n2CC(O)COc2ccc(Br)cc2)ccc1C(C)C. The van der Waals surface area contributed by atoms with Crippen LogP contribution in [0.4, 0.5) is 0 Å². The Labute approximate surface area is 203 Å². The number of para-hydroxylation sites is 2. The predicted octanol–water partition coefficient (Wildman–Crippen LogP) is 6.25. The highest BCUT2D eigenvalue weighted by molar-refractivity contribution is 9.10. The van der Waals surface area contributed by atoms with E-state index in [1.165, 1.54) is 11.1 Å². The Morgan fingerprint density at radius 1 is 0.970 bits per heavy atom. The molecule has 0 aliphatic heterocycles. The largest absolute Gasteiger partial charge is 0.491 e. The van der Waals surface area contributed by atoms with Gasteiger partial charge in [0.25, 0.3) is 0 Å². The second kappa shape index (κ2) is 10.4. The molecule has 0 aliphatic carbocycles. The van der Waals surface area contributed by atoms with E-state index in [1.54, 1.807) is 0 Å². The molecular formula is C27H29BrN2O3. The summed E-state index contributed by atoms with van der Waals surface area (Å²) < 4.78 is 14.9. The summed E-state index contributed by atoms with van der Waals surface area (Å²) in [7, 11) is 0. The minimum atomic E-state index is -0.697. The number of nitrogens with zero attached hydrogens (tertiary/aromatic N) is 2. The van der Waals surface area contributed by atoms with Crippen LogP contribution in [0.1, 0.15) is 36.7 Å². The third-order valence-electron chi connectivity index (χ3n) is 5.61. The molecule has 0 aliphatic rings. The number of hydrogen-bond donors (Lipinski definition) is 1. The van der Waals surface area contributed by atoms with Crippen molar-refractivity contribution in [1.82, 2.24) is 9.55 Å². The van der Waals surface area contributed by atoms with E-state index < -0.39 is 6.10 Å². The zero-order valence-corrected chi connectivity index (χ0v) is 20.7. The Balaban J connectivity index is 1.48. The fourth-order valence-electron chi connectivity index (χ4n) is 3.96. The molecule has 3 aromatic carbocycles. The number of aromatic nitrogens is 2. The average Bonchev–Trinajstić information content (AvgIpc) is 3.14. The number of aliphatic hydroxyl groups is 1. The van der Waals surface area contributed by atoms with Gasteiger partial charge in [-0.25, -0.2) is 4.98 Å². The Morgan fingerprint density at radius 2 is 1.70 bits per heavy atom. The molecule has 0 fully saturated rings. The normalized spacial score (nSPS) is 12.3. The molecule has 1 heterocycles. The maximum Gasteiger partial charge on any atom is 0.148 e. The molecule has 4 rings (SSSR count). The summed E-state index contributed by atoms with van der Waals surface area (Å²) in [5.41, 5.74) is 4.38. The van der Waals surface area contributed by atoms with Crippen molar-refractivity contribution in [3.05, 3.63) is 88.2 Å². The lowest BCUT2D eigenvalue weighted by molar-refractivity contribution is 0.0917. The minimum Gasteiger partial charge on any atom is -0.491 e. The summed E-state index contributed by atoms with van der Waals surface area (Å²) in [6, 6.07) is 21.7. The van der Waals surface area contributed by atoms with Gasteiger partial charge < -0.3 is 19.1 Å². The van der Waals surface area contributed by atoms with Crippen LogP contribution in [0, 0.1) is 6.92 Å². The molecule has 0 spiro atoms. The lowest BCUT2D eigenvalue weighted by Crippen LogP contribution is -2.25. The summed E-state index contributed by atoms with van der Waals surface area (Å²) in [5.74, 6) is 2.78. The summed E-state index contributed by atoms with van der Waals surface area (Å²) >= 11 is 3.41. The van der Waals surface area contributed by atoms with Gasteiger partial charge in [0.1, 0.15) is 36.6 Å². The van der Waals surface area contributed by atoms with Gasteiger partial charge in [-0.15, -0.1) is 0 Å². The number of aliphatic hydroxyl groups excluding tert-OH is 1. The van der Waals surface area contributed by atoms with E-state index in [0.29, 0.717) is 19.1 Å². The van der Waals surface area contributed by atoms with E-state index in [1.807, 2.05) is 59.2 Å². The lowest BCUT2D eigenvalue weighted by atomic mass is 9.98. The molecule has 6 heteroatoms. The van der Waals surface area contributed by atoms with Crippen LogP contribution in [0.3, 0.4) is 0 Å². The highest BCUT2D eigenvalue weighted by Gasteiger charge is 2.16. The molecule has 33 heavy (non-hydrogen) atoms. The molecule has 4 aromatic rings. The molecule has 0 saturated heterocycles. The maximum absolute atomic E-state index is 10.7. The van der Waals surface area contributed by atoms with E-state index in [9.17, 15) is 5.11 Å². The second-order valence-corrected chi connectivity index (χ2v) is 9.42. The van der Waals surface area contributed by atoms with Crippen molar-refractivity contribution in [2.45, 2.75) is 45.9 Å². The van der Waals surface area contributed by atoms with Crippen molar-refractivity contribution in [3.8, 4) is 11.5 Å². The van der Waals surface area contributed by atoms with Crippen LogP contribution in [0.2, 0.25) is 0 Å². The van der Waals surface area contributed by atoms with Gasteiger partial charge in [0.05, 0.1) is 17.6 Å². The van der Waals surface area contributed by atoms with E-state index in [-0.39, 0.29) is 6.61 Å². The van der Waals surface area contributed by atoms with Gasteiger partial charge in [0, 0.05) is 4.47 Å². The zero-order chi connectivity index (χ0) is 23.4. The van der Waals surface area contributed by atoms with Crippen LogP contribution in [0.25, 0.3) is 11.0 Å². The van der Waals surface area contributed by atoms with E-state index in [4.69, 9.17) is 14.5 Å². The van der Waals surface area contributed by atoms with E-state index in [2.05, 4.69) is 48.8 Å². The summed E-state index contributed by atoms with van der Waals surface area (Å²) in [6.07, 6.45) is -0.697. The fraction of sp³-hybridized carbons (Fsp3) is 0.296. The third-order valence-corrected chi connectivity index (χ3v) is 6.14. The Morgan fingerprint density at radius 3 is 2.42 bits per heavy atom. The number of halogens is 1. The molecule has 0 saturated carbocycles. The predicted molar refractivity (Wildman–Crippen MR) is 135 cm³/mol. The number of aryl methyl sites for hydroxylation is 1. The summed E-state index contributed by atoms with van der Waals surface area (Å²) in [6.45, 7) is 7.36. The minimum absolute atomic E-state index is 0.185. The first kappa shape index (κ1) is 23.3. The van der Waals surface area contributed by atoms with Crippen LogP contribution in [-0.4, -0.2) is 27.4 Å². The first-order valence-corrected chi connectivity index (χ1v) is 11.9. The van der Waals surface area contributed by atoms with Crippen molar-refractivity contribution in [3.63, 3.8) is 0 Å². The molecule has 1 atom stereocenters. The average molecular weight is 509 g/mol. The Kier molecular flexibility index (Phi) is 7.36. The van der Waals surface area contributed by atoms with Crippen LogP contribution in [0.5, 0.6) is 11.5 Å². The van der Waals surface area contributed by atoms with Crippen molar-refractivity contribution >= 4 is 27.0 Å². The molecule has 0 bridgehead atoms. The first-order chi connectivity index (χ1) is 15.9. The lowest BCUT2D eigenvalue weighted by Gasteiger charge is -2.16. The standard InChI is InChI=1S/C27H29BrN2O3/c1-18(2)24-13-12-23(14-19(24)3)33-17-27-29-25-6-4-5-7-26(25)30(27)15-21(31)16-32-22-10-8-20(28)9-11-22/h4-14,18,21,31H,15-17H2,1-3H3. The smallest absolute Gasteiger partial charge is 0.148 e. The number of ether oxygens (including phenoxy) is 2. The summed E-state index contributed by atoms with van der Waals surface area (Å²) in [5, 5.41) is 10.7. The molecule has 1 unspecified atom stereocenters. The number of imidazole rings is 1. The maximum atomic E-state index is 10.7. The van der Waals surface area contributed by atoms with Crippen LogP contribution >= 0.6 is 15.9 Å². The molecular weight excluding hydrogens is 480 g/mol. The molecule has 1 aromatic heterocycles. The van der Waals surface area contributed by atoms with Crippen LogP contribution in [0.15, 0.2) is 71.2 Å². The summed E-state index contributed by atoms with van der Waals surface area (Å²) in [4.78, 5) is 4.76. The van der Waals surface area contributed by atoms with Crippen LogP contribution < -0.4 is 9.47 Å². The Hall–Kier alpha value is -2.83. The van der Waals surface area contributed by atoms with E-state index in [0.717, 1.165) is 32.8 Å². The van der Waals surface area contributed by atoms with Gasteiger partial charge >= 0.3 is 0 Å². The van der Waals surface area contributed by atoms with Crippen molar-refractivity contribution in [2.75, 3.05) is 6.61 Å². The quantitative estimate of drug-likeness (QED) is 0.290. The Bertz CT molecular complexity index is 1220. The number of benzene rings is 3. The zero-order valence-electron chi connectivity index (χ0n) is 19.2. The van der Waals surface area contributed by atoms with Gasteiger partial charge in [-0.3, -0.25) is 0 Å². The van der Waals surface area contributed by atoms with Gasteiger partial charge in [-0.1, -0.05) is 48.0 Å². The fourth-order valence-corrected chi connectivity index (χ4v) is 4.22. The first-order valence-electron chi connectivity index (χ1n) is 11.1. The monoisotopic (exact) mass is 508 g/mol. The van der Waals surface area contributed by atoms with Gasteiger partial charge in [0.2, 0.25) is 0 Å². The van der Waals surface area contributed by atoms with Crippen molar-refractivity contribution in [2.24, 2.45) is 0 Å². The molecule has 0 radical (unpaired) electrons. The number of hydrogen-bond acceptors (Lipinski definition) is 4. The molecule has 5 nitrogen and oxygen atoms in total. The van der Waals surface area contributed by atoms with Gasteiger partial charge in [-0.05, 0) is 72.5 Å². The van der Waals surface area contributed by atoms with Gasteiger partial charge in [0.15, 0.2) is 0 Å². The topological polar surface area (TPSA) is 56.5 Å². The molecule has 172 valence electrons. The molecule has 1 N–H and O–H groups in total. The highest BCUT2D eigenvalue weighted by atomic mass is 79.9. The van der Waals surface area contributed by atoms with Crippen molar-refractivity contribution < 1.29 is 14.6 Å².